The highest BCUT2D eigenvalue weighted by Gasteiger charge is 2.39. The van der Waals surface area contributed by atoms with Gasteiger partial charge >= 0.3 is 0 Å². The minimum atomic E-state index is -0.743. The van der Waals surface area contributed by atoms with Crippen molar-refractivity contribution in [3.05, 3.63) is 42.2 Å². The van der Waals surface area contributed by atoms with Gasteiger partial charge in [-0.1, -0.05) is 0 Å². The molecule has 3 aromatic heterocycles. The number of aromatic nitrogens is 4. The second-order valence-corrected chi connectivity index (χ2v) is 8.99. The van der Waals surface area contributed by atoms with Crippen LogP contribution in [0.1, 0.15) is 50.9 Å². The number of hydrogen-bond acceptors (Lipinski definition) is 6. The van der Waals surface area contributed by atoms with Crippen LogP contribution in [0, 0.1) is 11.9 Å². The van der Waals surface area contributed by atoms with Crippen molar-refractivity contribution < 1.29 is 14.3 Å². The Morgan fingerprint density at radius 1 is 1.29 bits per heavy atom. The van der Waals surface area contributed by atoms with Crippen LogP contribution in [0.15, 0.2) is 30.7 Å². The number of anilines is 1. The molecule has 3 heterocycles. The summed E-state index contributed by atoms with van der Waals surface area (Å²) in [6, 6.07) is 2.96. The molecule has 0 bridgehead atoms. The van der Waals surface area contributed by atoms with Gasteiger partial charge < -0.3 is 15.7 Å². The summed E-state index contributed by atoms with van der Waals surface area (Å²) in [6.07, 6.45) is 6.13. The summed E-state index contributed by atoms with van der Waals surface area (Å²) < 4.78 is 14.8. The number of rotatable bonds is 6. The van der Waals surface area contributed by atoms with Crippen LogP contribution in [0.3, 0.4) is 0 Å². The average Bonchev–Trinajstić information content (AvgIpc) is 3.08. The molecule has 1 aliphatic rings. The molecule has 0 spiro atoms. The van der Waals surface area contributed by atoms with Crippen molar-refractivity contribution in [1.82, 2.24) is 24.9 Å². The highest BCUT2D eigenvalue weighted by molar-refractivity contribution is 6.02. The smallest absolute Gasteiger partial charge is 0.255 e. The third-order valence-electron chi connectivity index (χ3n) is 5.67. The molecule has 164 valence electrons. The summed E-state index contributed by atoms with van der Waals surface area (Å²) >= 11 is 0. The van der Waals surface area contributed by atoms with Crippen molar-refractivity contribution in [2.45, 2.75) is 58.2 Å². The number of carbonyl (C=O) groups is 1. The predicted molar refractivity (Wildman–Crippen MR) is 115 cm³/mol. The molecular weight excluding hydrogens is 399 g/mol. The van der Waals surface area contributed by atoms with Gasteiger partial charge in [0.1, 0.15) is 0 Å². The molecule has 1 amide bonds. The molecule has 8 nitrogen and oxygen atoms in total. The zero-order valence-electron chi connectivity index (χ0n) is 18.1. The van der Waals surface area contributed by atoms with E-state index in [0.29, 0.717) is 28.2 Å². The Labute approximate surface area is 179 Å². The Hall–Kier alpha value is -3.07. The van der Waals surface area contributed by atoms with E-state index in [1.54, 1.807) is 30.6 Å². The van der Waals surface area contributed by atoms with Crippen LogP contribution in [0.4, 0.5) is 10.1 Å². The number of nitrogens with zero attached hydrogens (tertiary/aromatic N) is 4. The molecule has 1 aliphatic carbocycles. The first kappa shape index (κ1) is 21.2. The molecule has 0 saturated heterocycles. The average molecular weight is 426 g/mol. The van der Waals surface area contributed by atoms with Crippen LogP contribution in [-0.4, -0.2) is 48.3 Å². The van der Waals surface area contributed by atoms with Crippen molar-refractivity contribution in [2.75, 3.05) is 5.32 Å². The molecule has 0 radical (unpaired) electrons. The highest BCUT2D eigenvalue weighted by Crippen LogP contribution is 2.36. The van der Waals surface area contributed by atoms with Crippen LogP contribution in [0.2, 0.25) is 0 Å². The molecule has 31 heavy (non-hydrogen) atoms. The normalized spacial score (nSPS) is 18.8. The number of aliphatic hydroxyl groups is 1. The monoisotopic (exact) mass is 426 g/mol. The molecule has 3 aromatic rings. The molecule has 3 N–H and O–H groups in total. The summed E-state index contributed by atoms with van der Waals surface area (Å²) in [6.45, 7) is 7.55. The molecular formula is C22H27FN6O2. The fourth-order valence-corrected chi connectivity index (χ4v) is 3.78. The molecule has 1 saturated carbocycles. The van der Waals surface area contributed by atoms with E-state index in [2.05, 4.69) is 25.7 Å². The number of halogens is 1. The van der Waals surface area contributed by atoms with E-state index in [4.69, 9.17) is 0 Å². The Morgan fingerprint density at radius 3 is 2.65 bits per heavy atom. The van der Waals surface area contributed by atoms with Gasteiger partial charge in [0.15, 0.2) is 5.65 Å². The van der Waals surface area contributed by atoms with Gasteiger partial charge in [-0.25, -0.2) is 14.5 Å². The molecule has 0 aromatic carbocycles. The lowest BCUT2D eigenvalue weighted by Gasteiger charge is -2.42. The van der Waals surface area contributed by atoms with Crippen LogP contribution in [0.5, 0.6) is 0 Å². The molecule has 1 fully saturated rings. The minimum absolute atomic E-state index is 0.0210. The van der Waals surface area contributed by atoms with Gasteiger partial charge in [0, 0.05) is 23.8 Å². The van der Waals surface area contributed by atoms with Gasteiger partial charge in [0.05, 0.1) is 34.9 Å². The number of nitrogens with one attached hydrogen (secondary N) is 2. The van der Waals surface area contributed by atoms with E-state index in [9.17, 15) is 14.3 Å². The van der Waals surface area contributed by atoms with Crippen molar-refractivity contribution in [3.8, 4) is 11.3 Å². The van der Waals surface area contributed by atoms with Gasteiger partial charge in [-0.2, -0.15) is 9.49 Å². The molecule has 0 atom stereocenters. The van der Waals surface area contributed by atoms with E-state index in [-0.39, 0.29) is 23.9 Å². The maximum Gasteiger partial charge on any atom is 0.255 e. The van der Waals surface area contributed by atoms with Crippen molar-refractivity contribution >= 4 is 17.2 Å². The number of pyridine rings is 1. The summed E-state index contributed by atoms with van der Waals surface area (Å²) in [7, 11) is 0. The van der Waals surface area contributed by atoms with E-state index >= 15 is 0 Å². The van der Waals surface area contributed by atoms with Crippen molar-refractivity contribution in [1.29, 1.82) is 0 Å². The quantitative estimate of drug-likeness (QED) is 0.524. The second kappa shape index (κ2) is 7.88. The summed E-state index contributed by atoms with van der Waals surface area (Å²) in [5.74, 6) is -0.620. The van der Waals surface area contributed by atoms with Crippen LogP contribution in [-0.2, 0) is 0 Å². The Balaban J connectivity index is 1.63. The number of fused-ring (bicyclic) bond motifs is 1. The molecule has 0 aliphatic heterocycles. The minimum Gasteiger partial charge on any atom is -0.390 e. The topological polar surface area (TPSA) is 104 Å². The third-order valence-corrected chi connectivity index (χ3v) is 5.67. The SMILES string of the molecule is CC(C)Nc1c(C(=O)N[C@H]2C[C@H](C(C)(C)O)C2)cnn2cc(-c3ccc(F)nc3)nc12. The fraction of sp³-hybridized carbons (Fsp3) is 0.455. The fourth-order valence-electron chi connectivity index (χ4n) is 3.78. The standard InChI is InChI=1S/C22H27FN6O2/c1-12(2)26-19-16(21(30)27-15-7-14(8-15)22(3,4)31)10-25-29-11-17(28-20(19)29)13-5-6-18(23)24-9-13/h5-6,9-12,14-15,26,31H,7-8H2,1-4H3,(H,27,30)/t14-,15-. The van der Waals surface area contributed by atoms with Crippen LogP contribution >= 0.6 is 0 Å². The van der Waals surface area contributed by atoms with Gasteiger partial charge in [-0.3, -0.25) is 4.79 Å². The number of imidazole rings is 1. The van der Waals surface area contributed by atoms with E-state index in [1.807, 2.05) is 13.8 Å². The summed E-state index contributed by atoms with van der Waals surface area (Å²) in [5, 5.41) is 20.8. The van der Waals surface area contributed by atoms with Crippen LogP contribution in [0.25, 0.3) is 16.9 Å². The maximum absolute atomic E-state index is 13.2. The lowest BCUT2D eigenvalue weighted by molar-refractivity contribution is -0.0309. The Kier molecular flexibility index (Phi) is 5.38. The first-order valence-electron chi connectivity index (χ1n) is 10.4. The Morgan fingerprint density at radius 2 is 2.03 bits per heavy atom. The van der Waals surface area contributed by atoms with Crippen molar-refractivity contribution in [2.24, 2.45) is 5.92 Å². The van der Waals surface area contributed by atoms with Crippen LogP contribution < -0.4 is 10.6 Å². The third kappa shape index (κ3) is 4.36. The van der Waals surface area contributed by atoms with Gasteiger partial charge in [0.2, 0.25) is 5.95 Å². The predicted octanol–water partition coefficient (Wildman–Crippen LogP) is 3.03. The van der Waals surface area contributed by atoms with Gasteiger partial charge in [0.25, 0.3) is 5.91 Å². The largest absolute Gasteiger partial charge is 0.390 e. The van der Waals surface area contributed by atoms with E-state index < -0.39 is 11.5 Å². The zero-order chi connectivity index (χ0) is 22.3. The summed E-state index contributed by atoms with van der Waals surface area (Å²) in [4.78, 5) is 21.3. The van der Waals surface area contributed by atoms with Crippen molar-refractivity contribution in [3.63, 3.8) is 0 Å². The first-order chi connectivity index (χ1) is 14.6. The summed E-state index contributed by atoms with van der Waals surface area (Å²) in [5.41, 5.74) is 1.98. The molecule has 9 heteroatoms. The molecule has 4 rings (SSSR count). The number of carbonyl (C=O) groups excluding carboxylic acids is 1. The maximum atomic E-state index is 13.2. The van der Waals surface area contributed by atoms with E-state index in [0.717, 1.165) is 12.8 Å². The Bertz CT molecular complexity index is 1100. The number of hydrogen-bond donors (Lipinski definition) is 3. The van der Waals surface area contributed by atoms with Gasteiger partial charge in [-0.15, -0.1) is 0 Å². The second-order valence-electron chi connectivity index (χ2n) is 8.99. The lowest BCUT2D eigenvalue weighted by atomic mass is 9.71. The molecule has 0 unspecified atom stereocenters. The van der Waals surface area contributed by atoms with E-state index in [1.165, 1.54) is 18.5 Å². The van der Waals surface area contributed by atoms with Gasteiger partial charge in [-0.05, 0) is 58.6 Å². The highest BCUT2D eigenvalue weighted by atomic mass is 19.1. The number of amides is 1. The zero-order valence-corrected chi connectivity index (χ0v) is 18.1. The lowest BCUT2D eigenvalue weighted by Crippen LogP contribution is -2.51. The first-order valence-corrected chi connectivity index (χ1v) is 10.4.